The number of thiophene rings is 1. The molecule has 142 valence electrons. The van der Waals surface area contributed by atoms with Gasteiger partial charge in [0.15, 0.2) is 0 Å². The molecule has 0 spiro atoms. The van der Waals surface area contributed by atoms with Crippen LogP contribution in [0.25, 0.3) is 20.7 Å². The van der Waals surface area contributed by atoms with Crippen molar-refractivity contribution in [3.63, 3.8) is 0 Å². The van der Waals surface area contributed by atoms with Crippen LogP contribution in [-0.2, 0) is 0 Å². The molecule has 0 fully saturated rings. The molecule has 0 aliphatic rings. The Hall–Kier alpha value is -2.54. The number of hydrogen-bond donors (Lipinski definition) is 2. The van der Waals surface area contributed by atoms with Crippen LogP contribution in [0.3, 0.4) is 0 Å². The number of nitrogens with zero attached hydrogens (tertiary/aromatic N) is 3. The molecule has 7 heteroatoms. The van der Waals surface area contributed by atoms with Gasteiger partial charge in [-0.3, -0.25) is 4.79 Å². The van der Waals surface area contributed by atoms with E-state index in [9.17, 15) is 4.79 Å². The van der Waals surface area contributed by atoms with Crippen molar-refractivity contribution in [2.45, 2.75) is 40.2 Å². The molecule has 0 aliphatic heterocycles. The van der Waals surface area contributed by atoms with Gasteiger partial charge in [0, 0.05) is 34.6 Å². The van der Waals surface area contributed by atoms with Crippen molar-refractivity contribution in [1.82, 2.24) is 20.5 Å². The van der Waals surface area contributed by atoms with Crippen LogP contribution in [0.4, 0.5) is 5.69 Å². The predicted octanol–water partition coefficient (Wildman–Crippen LogP) is 4.35. The second-order valence-electron chi connectivity index (χ2n) is 7.24. The number of amides is 1. The van der Waals surface area contributed by atoms with Crippen molar-refractivity contribution < 1.29 is 4.79 Å². The van der Waals surface area contributed by atoms with Crippen molar-refractivity contribution >= 4 is 33.1 Å². The summed E-state index contributed by atoms with van der Waals surface area (Å²) in [6, 6.07) is 4.19. The Kier molecular flexibility index (Phi) is 6.01. The van der Waals surface area contributed by atoms with E-state index in [0.29, 0.717) is 18.0 Å². The fourth-order valence-corrected chi connectivity index (χ4v) is 3.75. The third kappa shape index (κ3) is 4.60. The molecule has 2 N–H and O–H groups in total. The van der Waals surface area contributed by atoms with E-state index in [1.54, 1.807) is 29.9 Å². The first kappa shape index (κ1) is 19.2. The fraction of sp³-hybridized carbons (Fsp3) is 0.400. The van der Waals surface area contributed by atoms with E-state index < -0.39 is 0 Å². The first-order valence-corrected chi connectivity index (χ1v) is 10.0. The average Bonchev–Trinajstić information content (AvgIpc) is 3.06. The third-order valence-corrected chi connectivity index (χ3v) is 5.21. The van der Waals surface area contributed by atoms with Gasteiger partial charge in [-0.2, -0.15) is 10.2 Å². The monoisotopic (exact) mass is 383 g/mol. The van der Waals surface area contributed by atoms with Gasteiger partial charge in [0.05, 0.1) is 23.6 Å². The lowest BCUT2D eigenvalue weighted by Gasteiger charge is -2.16. The fourth-order valence-electron chi connectivity index (χ4n) is 2.75. The molecular weight excluding hydrogens is 358 g/mol. The number of rotatable bonds is 7. The molecule has 0 unspecified atom stereocenters. The van der Waals surface area contributed by atoms with E-state index in [-0.39, 0.29) is 11.9 Å². The summed E-state index contributed by atoms with van der Waals surface area (Å²) >= 11 is 1.58. The molecule has 3 rings (SSSR count). The smallest absolute Gasteiger partial charge is 0.254 e. The summed E-state index contributed by atoms with van der Waals surface area (Å²) in [6.45, 7) is 9.07. The highest BCUT2D eigenvalue weighted by molar-refractivity contribution is 7.21. The van der Waals surface area contributed by atoms with E-state index in [4.69, 9.17) is 0 Å². The first-order valence-electron chi connectivity index (χ1n) is 9.20. The Morgan fingerprint density at radius 1 is 1.19 bits per heavy atom. The molecule has 1 amide bonds. The highest BCUT2D eigenvalue weighted by atomic mass is 32.1. The van der Waals surface area contributed by atoms with Gasteiger partial charge < -0.3 is 10.6 Å². The maximum absolute atomic E-state index is 12.7. The lowest BCUT2D eigenvalue weighted by molar-refractivity contribution is 0.0952. The Labute approximate surface area is 163 Å². The van der Waals surface area contributed by atoms with E-state index in [0.717, 1.165) is 32.8 Å². The number of carbonyl (C=O) groups is 1. The minimum Gasteiger partial charge on any atom is -0.382 e. The molecule has 3 aromatic heterocycles. The minimum absolute atomic E-state index is 0.0912. The zero-order chi connectivity index (χ0) is 19.4. The molecule has 0 saturated carbocycles. The third-order valence-electron chi connectivity index (χ3n) is 4.12. The summed E-state index contributed by atoms with van der Waals surface area (Å²) in [5, 5.41) is 15.2. The summed E-state index contributed by atoms with van der Waals surface area (Å²) in [7, 11) is 0. The molecule has 0 radical (unpaired) electrons. The Morgan fingerprint density at radius 3 is 2.67 bits per heavy atom. The van der Waals surface area contributed by atoms with Gasteiger partial charge in [0.25, 0.3) is 5.91 Å². The summed E-state index contributed by atoms with van der Waals surface area (Å²) in [5.74, 6) is 0.457. The van der Waals surface area contributed by atoms with Gasteiger partial charge in [0.1, 0.15) is 4.83 Å². The van der Waals surface area contributed by atoms with Crippen LogP contribution in [0.2, 0.25) is 0 Å². The molecule has 0 bridgehead atoms. The van der Waals surface area contributed by atoms with Gasteiger partial charge in [-0.05, 0) is 38.3 Å². The van der Waals surface area contributed by atoms with Crippen molar-refractivity contribution in [2.24, 2.45) is 5.92 Å². The van der Waals surface area contributed by atoms with Gasteiger partial charge in [-0.1, -0.05) is 13.8 Å². The van der Waals surface area contributed by atoms with Crippen LogP contribution in [0.5, 0.6) is 0 Å². The van der Waals surface area contributed by atoms with E-state index in [2.05, 4.69) is 59.6 Å². The first-order chi connectivity index (χ1) is 13.0. The van der Waals surface area contributed by atoms with Gasteiger partial charge >= 0.3 is 0 Å². The van der Waals surface area contributed by atoms with E-state index >= 15 is 0 Å². The number of pyridine rings is 1. The van der Waals surface area contributed by atoms with Crippen LogP contribution in [0.15, 0.2) is 30.7 Å². The Bertz CT molecular complexity index is 921. The van der Waals surface area contributed by atoms with Gasteiger partial charge in [-0.15, -0.1) is 11.3 Å². The average molecular weight is 384 g/mol. The maximum Gasteiger partial charge on any atom is 0.254 e. The van der Waals surface area contributed by atoms with E-state index in [1.165, 1.54) is 0 Å². The van der Waals surface area contributed by atoms with Crippen molar-refractivity contribution in [3.8, 4) is 10.4 Å². The highest BCUT2D eigenvalue weighted by Crippen LogP contribution is 2.37. The highest BCUT2D eigenvalue weighted by Gasteiger charge is 2.18. The zero-order valence-electron chi connectivity index (χ0n) is 16.1. The number of nitrogens with one attached hydrogen (secondary N) is 2. The van der Waals surface area contributed by atoms with Crippen LogP contribution >= 0.6 is 11.3 Å². The van der Waals surface area contributed by atoms with Crippen LogP contribution in [-0.4, -0.2) is 33.7 Å². The zero-order valence-corrected chi connectivity index (χ0v) is 16.9. The number of hydrogen-bond acceptors (Lipinski definition) is 6. The molecule has 0 aliphatic carbocycles. The minimum atomic E-state index is -0.0912. The molecular formula is C20H25N5OS. The van der Waals surface area contributed by atoms with Crippen molar-refractivity contribution in [3.05, 3.63) is 36.3 Å². The van der Waals surface area contributed by atoms with E-state index in [1.807, 2.05) is 6.07 Å². The number of carbonyl (C=O) groups excluding carboxylic acids is 1. The molecule has 3 heterocycles. The number of aromatic nitrogens is 3. The standard InChI is InChI=1S/C20H25N5OS/c1-12(2)5-7-21-19(26)16-11-22-20-15(18(16)25-13(3)4)9-17(27-20)14-6-8-23-24-10-14/h6,8-13H,5,7H2,1-4H3,(H,21,26)(H,22,25). The number of anilines is 1. The Balaban J connectivity index is 1.99. The summed E-state index contributed by atoms with van der Waals surface area (Å²) in [5.41, 5.74) is 2.41. The second-order valence-corrected chi connectivity index (χ2v) is 8.28. The molecule has 0 saturated heterocycles. The molecule has 0 aromatic carbocycles. The Morgan fingerprint density at radius 2 is 2.00 bits per heavy atom. The molecule has 6 nitrogen and oxygen atoms in total. The normalized spacial score (nSPS) is 11.3. The van der Waals surface area contributed by atoms with Crippen molar-refractivity contribution in [1.29, 1.82) is 0 Å². The topological polar surface area (TPSA) is 79.8 Å². The van der Waals surface area contributed by atoms with Crippen LogP contribution in [0, 0.1) is 5.92 Å². The quantitative estimate of drug-likeness (QED) is 0.634. The molecule has 27 heavy (non-hydrogen) atoms. The van der Waals surface area contributed by atoms with Crippen LogP contribution in [0.1, 0.15) is 44.5 Å². The SMILES string of the molecule is CC(C)CCNC(=O)c1cnc2sc(-c3ccnnc3)cc2c1NC(C)C. The largest absolute Gasteiger partial charge is 0.382 e. The van der Waals surface area contributed by atoms with Gasteiger partial charge in [-0.25, -0.2) is 4.98 Å². The maximum atomic E-state index is 12.7. The summed E-state index contributed by atoms with van der Waals surface area (Å²) < 4.78 is 0. The lowest BCUT2D eigenvalue weighted by Crippen LogP contribution is -2.27. The molecule has 0 atom stereocenters. The summed E-state index contributed by atoms with van der Waals surface area (Å²) in [4.78, 5) is 19.2. The molecule has 3 aromatic rings. The summed E-state index contributed by atoms with van der Waals surface area (Å²) in [6.07, 6.45) is 6.03. The van der Waals surface area contributed by atoms with Gasteiger partial charge in [0.2, 0.25) is 0 Å². The second kappa shape index (κ2) is 8.43. The van der Waals surface area contributed by atoms with Crippen LogP contribution < -0.4 is 10.6 Å². The predicted molar refractivity (Wildman–Crippen MR) is 111 cm³/mol. The lowest BCUT2D eigenvalue weighted by atomic mass is 10.1. The van der Waals surface area contributed by atoms with Crippen molar-refractivity contribution in [2.75, 3.05) is 11.9 Å². The number of fused-ring (bicyclic) bond motifs is 1.